The van der Waals surface area contributed by atoms with Crippen LogP contribution in [0.5, 0.6) is 0 Å². The van der Waals surface area contributed by atoms with Gasteiger partial charge in [0, 0.05) is 11.4 Å². The van der Waals surface area contributed by atoms with Crippen LogP contribution in [0.4, 0.5) is 0 Å². The molecular weight excluding hydrogens is 238 g/mol. The van der Waals surface area contributed by atoms with Crippen LogP contribution in [0.25, 0.3) is 0 Å². The molecule has 19 heavy (non-hydrogen) atoms. The van der Waals surface area contributed by atoms with Crippen LogP contribution < -0.4 is 5.56 Å². The Labute approximate surface area is 113 Å². The van der Waals surface area contributed by atoms with Gasteiger partial charge in [0.1, 0.15) is 11.6 Å². The van der Waals surface area contributed by atoms with Crippen molar-refractivity contribution in [1.82, 2.24) is 4.68 Å². The lowest BCUT2D eigenvalue weighted by molar-refractivity contribution is 0.496. The molecule has 4 heteroatoms. The molecule has 0 saturated heterocycles. The van der Waals surface area contributed by atoms with Crippen LogP contribution in [0.15, 0.2) is 16.0 Å². The van der Waals surface area contributed by atoms with E-state index in [-0.39, 0.29) is 11.1 Å². The van der Waals surface area contributed by atoms with Gasteiger partial charge in [0.25, 0.3) is 5.56 Å². The minimum atomic E-state index is -0.300. The lowest BCUT2D eigenvalue weighted by Crippen LogP contribution is -2.25. The number of hydrogen-bond acceptors (Lipinski definition) is 3. The molecule has 1 heterocycles. The molecule has 1 aliphatic rings. The van der Waals surface area contributed by atoms with E-state index in [2.05, 4.69) is 12.0 Å². The Kier molecular flexibility index (Phi) is 3.84. The lowest BCUT2D eigenvalue weighted by Gasteiger charge is -2.19. The summed E-state index contributed by atoms with van der Waals surface area (Å²) < 4.78 is 1.39. The van der Waals surface area contributed by atoms with Crippen LogP contribution in [-0.4, -0.2) is 10.4 Å². The van der Waals surface area contributed by atoms with E-state index in [0.29, 0.717) is 5.92 Å². The molecule has 1 aromatic heterocycles. The van der Waals surface area contributed by atoms with Crippen molar-refractivity contribution in [3.8, 4) is 6.07 Å². The third kappa shape index (κ3) is 2.76. The van der Waals surface area contributed by atoms with E-state index in [1.54, 1.807) is 6.92 Å². The molecule has 0 aliphatic heterocycles. The second kappa shape index (κ2) is 5.40. The first-order chi connectivity index (χ1) is 9.02. The fourth-order valence-electron chi connectivity index (χ4n) is 2.63. The predicted molar refractivity (Wildman–Crippen MR) is 75.4 cm³/mol. The fourth-order valence-corrected chi connectivity index (χ4v) is 2.63. The van der Waals surface area contributed by atoms with Crippen molar-refractivity contribution in [3.05, 3.63) is 33.2 Å². The van der Waals surface area contributed by atoms with E-state index in [9.17, 15) is 4.79 Å². The summed E-state index contributed by atoms with van der Waals surface area (Å²) in [5.41, 5.74) is 2.46. The van der Waals surface area contributed by atoms with Crippen molar-refractivity contribution in [2.24, 2.45) is 11.0 Å². The highest BCUT2D eigenvalue weighted by Crippen LogP contribution is 2.21. The normalized spacial score (nSPS) is 21.4. The average molecular weight is 257 g/mol. The highest BCUT2D eigenvalue weighted by Gasteiger charge is 2.16. The Hall–Kier alpha value is -1.89. The number of nitrogens with zero attached hydrogens (tertiary/aromatic N) is 3. The Balaban J connectivity index is 2.49. The first-order valence-electron chi connectivity index (χ1n) is 6.73. The minimum absolute atomic E-state index is 0.193. The van der Waals surface area contributed by atoms with Crippen molar-refractivity contribution in [3.63, 3.8) is 0 Å². The topological polar surface area (TPSA) is 58.1 Å². The van der Waals surface area contributed by atoms with Gasteiger partial charge in [-0.3, -0.25) is 4.79 Å². The van der Waals surface area contributed by atoms with Gasteiger partial charge in [0.2, 0.25) is 0 Å². The van der Waals surface area contributed by atoms with Gasteiger partial charge in [-0.05, 0) is 57.1 Å². The van der Waals surface area contributed by atoms with Crippen LogP contribution in [0, 0.1) is 31.1 Å². The number of nitriles is 1. The van der Waals surface area contributed by atoms with Crippen molar-refractivity contribution in [2.75, 3.05) is 0 Å². The Bertz CT molecular complexity index is 620. The number of hydrogen-bond donors (Lipinski definition) is 0. The highest BCUT2D eigenvalue weighted by atomic mass is 16.1. The summed E-state index contributed by atoms with van der Waals surface area (Å²) in [6, 6.07) is 3.82. The van der Waals surface area contributed by atoms with Gasteiger partial charge < -0.3 is 0 Å². The Morgan fingerprint density at radius 1 is 1.47 bits per heavy atom. The third-order valence-electron chi connectivity index (χ3n) is 3.66. The molecule has 0 aromatic carbocycles. The molecule has 1 aliphatic carbocycles. The van der Waals surface area contributed by atoms with Gasteiger partial charge in [-0.25, -0.2) is 4.68 Å². The molecule has 0 amide bonds. The average Bonchev–Trinajstić information content (AvgIpc) is 2.35. The molecule has 1 aromatic rings. The standard InChI is InChI=1S/C15H19N3O/c1-10-5-4-6-13(7-10)17-18-12(3)8-11(2)14(9-16)15(18)19/h8,10H,4-7H2,1-3H3. The van der Waals surface area contributed by atoms with Gasteiger partial charge in [-0.2, -0.15) is 10.4 Å². The molecule has 100 valence electrons. The summed E-state index contributed by atoms with van der Waals surface area (Å²) in [7, 11) is 0. The van der Waals surface area contributed by atoms with Crippen LogP contribution in [0.3, 0.4) is 0 Å². The van der Waals surface area contributed by atoms with Crippen LogP contribution in [0.2, 0.25) is 0 Å². The number of aryl methyl sites for hydroxylation is 2. The van der Waals surface area contributed by atoms with Gasteiger partial charge in [-0.15, -0.1) is 0 Å². The molecule has 0 radical (unpaired) electrons. The molecule has 2 rings (SSSR count). The monoisotopic (exact) mass is 257 g/mol. The Morgan fingerprint density at radius 2 is 2.21 bits per heavy atom. The number of aromatic nitrogens is 1. The highest BCUT2D eigenvalue weighted by molar-refractivity contribution is 5.85. The summed E-state index contributed by atoms with van der Waals surface area (Å²) >= 11 is 0. The molecule has 4 nitrogen and oxygen atoms in total. The minimum Gasteiger partial charge on any atom is -0.266 e. The van der Waals surface area contributed by atoms with Gasteiger partial charge in [-0.1, -0.05) is 6.92 Å². The largest absolute Gasteiger partial charge is 0.289 e. The summed E-state index contributed by atoms with van der Waals surface area (Å²) in [5, 5.41) is 13.5. The lowest BCUT2D eigenvalue weighted by atomic mass is 9.89. The van der Waals surface area contributed by atoms with Crippen LogP contribution >= 0.6 is 0 Å². The molecule has 0 bridgehead atoms. The van der Waals surface area contributed by atoms with Gasteiger partial charge in [0.15, 0.2) is 0 Å². The van der Waals surface area contributed by atoms with Gasteiger partial charge >= 0.3 is 0 Å². The first kappa shape index (κ1) is 13.5. The molecule has 1 fully saturated rings. The van der Waals surface area contributed by atoms with Crippen molar-refractivity contribution < 1.29 is 0 Å². The van der Waals surface area contributed by atoms with E-state index in [0.717, 1.165) is 36.2 Å². The summed E-state index contributed by atoms with van der Waals surface area (Å²) in [4.78, 5) is 12.2. The zero-order chi connectivity index (χ0) is 14.0. The van der Waals surface area contributed by atoms with Crippen molar-refractivity contribution in [2.45, 2.75) is 46.5 Å². The van der Waals surface area contributed by atoms with Crippen molar-refractivity contribution in [1.29, 1.82) is 5.26 Å². The maximum atomic E-state index is 12.2. The quantitative estimate of drug-likeness (QED) is 0.776. The second-order valence-electron chi connectivity index (χ2n) is 5.44. The third-order valence-corrected chi connectivity index (χ3v) is 3.66. The second-order valence-corrected chi connectivity index (χ2v) is 5.44. The zero-order valence-electron chi connectivity index (χ0n) is 11.7. The van der Waals surface area contributed by atoms with E-state index >= 15 is 0 Å². The molecular formula is C15H19N3O. The molecule has 1 atom stereocenters. The zero-order valence-corrected chi connectivity index (χ0v) is 11.7. The summed E-state index contributed by atoms with van der Waals surface area (Å²) in [6.07, 6.45) is 4.25. The molecule has 0 N–H and O–H groups in total. The van der Waals surface area contributed by atoms with E-state index in [1.807, 2.05) is 19.1 Å². The number of pyridine rings is 1. The van der Waals surface area contributed by atoms with Gasteiger partial charge in [0.05, 0.1) is 0 Å². The molecule has 0 spiro atoms. The molecule has 1 saturated carbocycles. The first-order valence-corrected chi connectivity index (χ1v) is 6.73. The predicted octanol–water partition coefficient (Wildman–Crippen LogP) is 2.75. The SMILES string of the molecule is Cc1cc(C)n(N=C2CCCC(C)C2)c(=O)c1C#N. The van der Waals surface area contributed by atoms with E-state index in [1.165, 1.54) is 11.1 Å². The summed E-state index contributed by atoms with van der Waals surface area (Å²) in [6.45, 7) is 5.85. The molecule has 1 unspecified atom stereocenters. The number of rotatable bonds is 1. The summed E-state index contributed by atoms with van der Waals surface area (Å²) in [5.74, 6) is 0.629. The van der Waals surface area contributed by atoms with Crippen LogP contribution in [0.1, 0.15) is 49.4 Å². The Morgan fingerprint density at radius 3 is 2.84 bits per heavy atom. The fraction of sp³-hybridized carbons (Fsp3) is 0.533. The smallest absolute Gasteiger partial charge is 0.266 e. The maximum absolute atomic E-state index is 12.2. The van der Waals surface area contributed by atoms with E-state index in [4.69, 9.17) is 5.26 Å². The van der Waals surface area contributed by atoms with Crippen LogP contribution in [-0.2, 0) is 0 Å². The van der Waals surface area contributed by atoms with Crippen molar-refractivity contribution >= 4 is 5.71 Å². The maximum Gasteiger partial charge on any atom is 0.289 e. The van der Waals surface area contributed by atoms with E-state index < -0.39 is 0 Å².